The molecule has 1 heterocycles. The Kier molecular flexibility index (Phi) is 6.62. The number of aromatic nitrogens is 1. The summed E-state index contributed by atoms with van der Waals surface area (Å²) >= 11 is 0. The highest BCUT2D eigenvalue weighted by Gasteiger charge is 2.16. The third-order valence-corrected chi connectivity index (χ3v) is 8.00. The summed E-state index contributed by atoms with van der Waals surface area (Å²) in [6, 6.07) is 45.5. The molecule has 5 heteroatoms. The van der Waals surface area contributed by atoms with Crippen molar-refractivity contribution in [2.24, 2.45) is 0 Å². The summed E-state index contributed by atoms with van der Waals surface area (Å²) in [5, 5.41) is 20.9. The molecule has 5 nitrogen and oxygen atoms in total. The Morgan fingerprint density at radius 2 is 1.07 bits per heavy atom. The second-order valence-corrected chi connectivity index (χ2v) is 10.7. The largest absolute Gasteiger partial charge is 0.311 e. The molecular formula is C40H21N5. The molecule has 0 bridgehead atoms. The molecule has 0 fully saturated rings. The number of rotatable bonds is 4. The Labute approximate surface area is 260 Å². The number of fused-ring (bicyclic) bond motifs is 3. The van der Waals surface area contributed by atoms with Crippen molar-refractivity contribution in [2.45, 2.75) is 0 Å². The van der Waals surface area contributed by atoms with Gasteiger partial charge in [-0.2, -0.15) is 10.5 Å². The average molecular weight is 572 g/mol. The Balaban J connectivity index is 1.49. The van der Waals surface area contributed by atoms with E-state index in [4.69, 9.17) is 13.1 Å². The second kappa shape index (κ2) is 11.1. The van der Waals surface area contributed by atoms with E-state index in [1.165, 1.54) is 0 Å². The van der Waals surface area contributed by atoms with Gasteiger partial charge in [0.05, 0.1) is 47.4 Å². The van der Waals surface area contributed by atoms with E-state index < -0.39 is 0 Å². The number of hydrogen-bond donors (Lipinski definition) is 0. The van der Waals surface area contributed by atoms with Crippen LogP contribution in [0.15, 0.2) is 127 Å². The van der Waals surface area contributed by atoms with Crippen LogP contribution < -0.4 is 0 Å². The van der Waals surface area contributed by atoms with Crippen molar-refractivity contribution in [1.29, 1.82) is 10.5 Å². The van der Waals surface area contributed by atoms with E-state index in [9.17, 15) is 10.5 Å². The highest BCUT2D eigenvalue weighted by Crippen LogP contribution is 2.39. The third kappa shape index (κ3) is 4.84. The summed E-state index contributed by atoms with van der Waals surface area (Å²) in [5.41, 5.74) is 10.5. The van der Waals surface area contributed by atoms with Crippen LogP contribution >= 0.6 is 0 Å². The molecular weight excluding hydrogens is 550 g/mol. The van der Waals surface area contributed by atoms with Gasteiger partial charge in [-0.25, -0.2) is 9.69 Å². The number of nitrogens with zero attached hydrogens (tertiary/aromatic N) is 5. The van der Waals surface area contributed by atoms with Gasteiger partial charge in [0.1, 0.15) is 0 Å². The van der Waals surface area contributed by atoms with Gasteiger partial charge < -0.3 is 4.57 Å². The first-order valence-electron chi connectivity index (χ1n) is 14.2. The molecule has 0 aliphatic heterocycles. The second-order valence-electron chi connectivity index (χ2n) is 10.7. The lowest BCUT2D eigenvalue weighted by atomic mass is 9.92. The van der Waals surface area contributed by atoms with Gasteiger partial charge in [0.2, 0.25) is 0 Å². The summed E-state index contributed by atoms with van der Waals surface area (Å²) in [4.78, 5) is 7.47. The molecule has 0 saturated carbocycles. The molecule has 45 heavy (non-hydrogen) atoms. The van der Waals surface area contributed by atoms with Gasteiger partial charge in [0.15, 0.2) is 11.4 Å². The molecule has 0 N–H and O–H groups in total. The first-order chi connectivity index (χ1) is 22.1. The summed E-state index contributed by atoms with van der Waals surface area (Å²) in [6.07, 6.45) is 0. The van der Waals surface area contributed by atoms with E-state index in [-0.39, 0.29) is 0 Å². The SMILES string of the molecule is [C-]#[N+]c1cc(-c2cc(-c3ccccc3)cc(-c3cccc(C#N)c3)c2)cc(-n2c3ccc(C#N)cc3c3cc([N+]#[C-])ccc32)c1. The van der Waals surface area contributed by atoms with Gasteiger partial charge in [-0.3, -0.25) is 0 Å². The van der Waals surface area contributed by atoms with Crippen LogP contribution in [0, 0.1) is 35.8 Å². The number of benzene rings is 6. The maximum atomic E-state index is 9.61. The standard InChI is InChI=1S/C40H21N5/c1-43-34-12-14-40-38(23-34)37-16-27(25-42)11-13-39(37)45(40)36-21-33(20-35(22-36)44-2)32-18-30(28-8-4-3-5-9-28)17-31(19-32)29-10-6-7-26(15-29)24-41/h3-23H. The quantitative estimate of drug-likeness (QED) is 0.197. The lowest BCUT2D eigenvalue weighted by Gasteiger charge is -2.14. The predicted molar refractivity (Wildman–Crippen MR) is 179 cm³/mol. The normalized spacial score (nSPS) is 10.6. The van der Waals surface area contributed by atoms with Crippen LogP contribution in [-0.2, 0) is 0 Å². The van der Waals surface area contributed by atoms with E-state index >= 15 is 0 Å². The van der Waals surface area contributed by atoms with Gasteiger partial charge in [-0.1, -0.05) is 48.5 Å². The Morgan fingerprint density at radius 1 is 0.467 bits per heavy atom. The average Bonchev–Trinajstić information content (AvgIpc) is 3.44. The summed E-state index contributed by atoms with van der Waals surface area (Å²) < 4.78 is 2.09. The molecule has 0 radical (unpaired) electrons. The topological polar surface area (TPSA) is 61.2 Å². The van der Waals surface area contributed by atoms with Crippen LogP contribution in [0.1, 0.15) is 11.1 Å². The lowest BCUT2D eigenvalue weighted by Crippen LogP contribution is -1.95. The highest BCUT2D eigenvalue weighted by atomic mass is 15.0. The van der Waals surface area contributed by atoms with Crippen molar-refractivity contribution >= 4 is 33.2 Å². The van der Waals surface area contributed by atoms with Crippen LogP contribution in [0.4, 0.5) is 11.4 Å². The first kappa shape index (κ1) is 26.9. The summed E-state index contributed by atoms with van der Waals surface area (Å²) in [6.45, 7) is 15.5. The maximum absolute atomic E-state index is 9.61. The van der Waals surface area contributed by atoms with E-state index in [1.54, 1.807) is 18.2 Å². The number of hydrogen-bond acceptors (Lipinski definition) is 2. The first-order valence-corrected chi connectivity index (χ1v) is 14.2. The molecule has 7 aromatic rings. The molecule has 0 atom stereocenters. The van der Waals surface area contributed by atoms with Crippen LogP contribution in [-0.4, -0.2) is 4.57 Å². The van der Waals surface area contributed by atoms with Crippen molar-refractivity contribution in [3.63, 3.8) is 0 Å². The molecule has 0 amide bonds. The minimum atomic E-state index is 0.488. The lowest BCUT2D eigenvalue weighted by molar-refractivity contribution is 1.18. The fourth-order valence-corrected chi connectivity index (χ4v) is 5.91. The molecule has 7 rings (SSSR count). The maximum Gasteiger partial charge on any atom is 0.189 e. The molecule has 0 unspecified atom stereocenters. The Morgan fingerprint density at radius 3 is 1.78 bits per heavy atom. The third-order valence-electron chi connectivity index (χ3n) is 8.00. The predicted octanol–water partition coefficient (Wildman–Crippen LogP) is 10.6. The van der Waals surface area contributed by atoms with Gasteiger partial charge in [0, 0.05) is 11.1 Å². The molecule has 206 valence electrons. The number of nitriles is 2. The summed E-state index contributed by atoms with van der Waals surface area (Å²) in [5.74, 6) is 0. The van der Waals surface area contributed by atoms with E-state index in [1.807, 2.05) is 72.8 Å². The minimum Gasteiger partial charge on any atom is -0.311 e. The zero-order valence-electron chi connectivity index (χ0n) is 23.9. The summed E-state index contributed by atoms with van der Waals surface area (Å²) in [7, 11) is 0. The fourth-order valence-electron chi connectivity index (χ4n) is 5.91. The van der Waals surface area contributed by atoms with Crippen molar-refractivity contribution in [1.82, 2.24) is 4.57 Å². The van der Waals surface area contributed by atoms with Crippen molar-refractivity contribution in [3.8, 4) is 51.2 Å². The van der Waals surface area contributed by atoms with Crippen LogP contribution in [0.3, 0.4) is 0 Å². The molecule has 0 aliphatic rings. The smallest absolute Gasteiger partial charge is 0.189 e. The van der Waals surface area contributed by atoms with E-state index in [2.05, 4.69) is 62.8 Å². The van der Waals surface area contributed by atoms with Gasteiger partial charge in [-0.15, -0.1) is 0 Å². The zero-order valence-corrected chi connectivity index (χ0v) is 23.9. The van der Waals surface area contributed by atoms with Crippen LogP contribution in [0.2, 0.25) is 0 Å². The van der Waals surface area contributed by atoms with Crippen molar-refractivity contribution < 1.29 is 0 Å². The van der Waals surface area contributed by atoms with Crippen LogP contribution in [0.25, 0.3) is 70.6 Å². The monoisotopic (exact) mass is 571 g/mol. The molecule has 6 aromatic carbocycles. The molecule has 0 aliphatic carbocycles. The van der Waals surface area contributed by atoms with E-state index in [0.29, 0.717) is 22.5 Å². The zero-order chi connectivity index (χ0) is 30.9. The molecule has 1 aromatic heterocycles. The van der Waals surface area contributed by atoms with Crippen molar-refractivity contribution in [2.75, 3.05) is 0 Å². The Hall–Kier alpha value is -6.92. The fraction of sp³-hybridized carbons (Fsp3) is 0. The molecule has 0 spiro atoms. The van der Waals surface area contributed by atoms with Crippen LogP contribution in [0.5, 0.6) is 0 Å². The molecule has 0 saturated heterocycles. The van der Waals surface area contributed by atoms with Gasteiger partial charge in [-0.05, 0) is 118 Å². The Bertz CT molecular complexity index is 2400. The van der Waals surface area contributed by atoms with Gasteiger partial charge in [0.25, 0.3) is 0 Å². The van der Waals surface area contributed by atoms with E-state index in [0.717, 1.165) is 60.9 Å². The van der Waals surface area contributed by atoms with Gasteiger partial charge >= 0.3 is 0 Å². The highest BCUT2D eigenvalue weighted by molar-refractivity contribution is 6.11. The minimum absolute atomic E-state index is 0.488. The van der Waals surface area contributed by atoms with Crippen molar-refractivity contribution in [3.05, 3.63) is 161 Å².